The van der Waals surface area contributed by atoms with Crippen LogP contribution in [0.4, 0.5) is 0 Å². The van der Waals surface area contributed by atoms with Crippen LogP contribution in [0.25, 0.3) is 10.9 Å². The van der Waals surface area contributed by atoms with E-state index < -0.39 is 6.10 Å². The van der Waals surface area contributed by atoms with Crippen molar-refractivity contribution in [1.82, 2.24) is 4.98 Å². The van der Waals surface area contributed by atoms with Crippen molar-refractivity contribution in [2.24, 2.45) is 0 Å². The Balaban J connectivity index is 2.70. The second-order valence-corrected chi connectivity index (χ2v) is 3.58. The Morgan fingerprint density at radius 2 is 2.07 bits per heavy atom. The topological polar surface area (TPSA) is 33.1 Å². The van der Waals surface area contributed by atoms with Crippen molar-refractivity contribution < 1.29 is 5.11 Å². The molecule has 2 nitrogen and oxygen atoms in total. The zero-order valence-electron chi connectivity index (χ0n) is 8.36. The highest BCUT2D eigenvalue weighted by Crippen LogP contribution is 2.21. The highest BCUT2D eigenvalue weighted by atomic mass is 16.3. The second kappa shape index (κ2) is 3.39. The number of rotatable bonds is 1. The number of benzene rings is 1. The average molecular weight is 187 g/mol. The van der Waals surface area contributed by atoms with Crippen LogP contribution >= 0.6 is 0 Å². The molecule has 2 rings (SSSR count). The summed E-state index contributed by atoms with van der Waals surface area (Å²) in [5.41, 5.74) is 3.11. The lowest BCUT2D eigenvalue weighted by Gasteiger charge is -2.07. The first-order chi connectivity index (χ1) is 6.68. The number of aliphatic hydroxyl groups excluding tert-OH is 1. The van der Waals surface area contributed by atoms with Crippen LogP contribution < -0.4 is 0 Å². The number of aromatic nitrogens is 1. The molecule has 0 amide bonds. The second-order valence-electron chi connectivity index (χ2n) is 3.58. The fourth-order valence-corrected chi connectivity index (χ4v) is 1.56. The van der Waals surface area contributed by atoms with E-state index in [1.54, 1.807) is 13.1 Å². The quantitative estimate of drug-likeness (QED) is 0.744. The summed E-state index contributed by atoms with van der Waals surface area (Å²) in [4.78, 5) is 4.26. The van der Waals surface area contributed by atoms with Gasteiger partial charge in [-0.15, -0.1) is 0 Å². The maximum Gasteiger partial charge on any atom is 0.0762 e. The third-order valence-corrected chi connectivity index (χ3v) is 2.47. The van der Waals surface area contributed by atoms with Crippen LogP contribution in [0, 0.1) is 6.92 Å². The average Bonchev–Trinajstić information content (AvgIpc) is 2.18. The Morgan fingerprint density at radius 1 is 1.29 bits per heavy atom. The van der Waals surface area contributed by atoms with Gasteiger partial charge in [-0.25, -0.2) is 0 Å². The molecule has 1 unspecified atom stereocenters. The Bertz CT molecular complexity index is 463. The lowest BCUT2D eigenvalue weighted by Crippen LogP contribution is -1.91. The standard InChI is InChI=1S/C12H13NO/c1-8-5-6-13-12-4-3-10(9(2)14)7-11(8)12/h3-7,9,14H,1-2H3. The Labute approximate surface area is 83.2 Å². The van der Waals surface area contributed by atoms with Gasteiger partial charge in [-0.05, 0) is 43.2 Å². The SMILES string of the molecule is Cc1ccnc2ccc(C(C)O)cc12. The van der Waals surface area contributed by atoms with Crippen molar-refractivity contribution in [3.8, 4) is 0 Å². The predicted octanol–water partition coefficient (Wildman–Crippen LogP) is 2.60. The molecule has 1 N–H and O–H groups in total. The molecule has 2 heteroatoms. The summed E-state index contributed by atoms with van der Waals surface area (Å²) in [5, 5.41) is 10.6. The van der Waals surface area contributed by atoms with Crippen LogP contribution in [-0.2, 0) is 0 Å². The number of nitrogens with zero attached hydrogens (tertiary/aromatic N) is 1. The van der Waals surface area contributed by atoms with Crippen LogP contribution in [0.3, 0.4) is 0 Å². The van der Waals surface area contributed by atoms with Gasteiger partial charge in [0, 0.05) is 11.6 Å². The number of pyridine rings is 1. The van der Waals surface area contributed by atoms with Gasteiger partial charge in [0.25, 0.3) is 0 Å². The first-order valence-corrected chi connectivity index (χ1v) is 4.72. The fourth-order valence-electron chi connectivity index (χ4n) is 1.56. The molecule has 0 spiro atoms. The van der Waals surface area contributed by atoms with Gasteiger partial charge >= 0.3 is 0 Å². The lowest BCUT2D eigenvalue weighted by atomic mass is 10.0. The zero-order chi connectivity index (χ0) is 10.1. The minimum absolute atomic E-state index is 0.418. The molecule has 2 aromatic rings. The maximum absolute atomic E-state index is 9.45. The number of aryl methyl sites for hydroxylation is 1. The number of hydrogen-bond acceptors (Lipinski definition) is 2. The molecule has 1 atom stereocenters. The monoisotopic (exact) mass is 187 g/mol. The van der Waals surface area contributed by atoms with Crippen molar-refractivity contribution in [2.75, 3.05) is 0 Å². The van der Waals surface area contributed by atoms with Crippen LogP contribution in [-0.4, -0.2) is 10.1 Å². The van der Waals surface area contributed by atoms with Gasteiger partial charge in [-0.3, -0.25) is 4.98 Å². The van der Waals surface area contributed by atoms with E-state index in [0.717, 1.165) is 16.5 Å². The summed E-state index contributed by atoms with van der Waals surface area (Å²) in [6.07, 6.45) is 1.39. The minimum atomic E-state index is -0.418. The van der Waals surface area contributed by atoms with Crippen molar-refractivity contribution in [1.29, 1.82) is 0 Å². The van der Waals surface area contributed by atoms with Gasteiger partial charge in [0.2, 0.25) is 0 Å². The Hall–Kier alpha value is -1.41. The molecular formula is C12H13NO. The van der Waals surface area contributed by atoms with E-state index in [0.29, 0.717) is 0 Å². The number of fused-ring (bicyclic) bond motifs is 1. The van der Waals surface area contributed by atoms with E-state index >= 15 is 0 Å². The molecular weight excluding hydrogens is 174 g/mol. The van der Waals surface area contributed by atoms with Gasteiger partial charge < -0.3 is 5.11 Å². The number of aliphatic hydroxyl groups is 1. The molecule has 1 aromatic carbocycles. The highest BCUT2D eigenvalue weighted by Gasteiger charge is 2.03. The first-order valence-electron chi connectivity index (χ1n) is 4.72. The predicted molar refractivity (Wildman–Crippen MR) is 57.1 cm³/mol. The third-order valence-electron chi connectivity index (χ3n) is 2.47. The first kappa shape index (κ1) is 9.16. The Morgan fingerprint density at radius 3 is 2.79 bits per heavy atom. The van der Waals surface area contributed by atoms with E-state index in [2.05, 4.69) is 11.9 Å². The smallest absolute Gasteiger partial charge is 0.0762 e. The van der Waals surface area contributed by atoms with Gasteiger partial charge in [0.05, 0.1) is 11.6 Å². The minimum Gasteiger partial charge on any atom is -0.389 e. The van der Waals surface area contributed by atoms with Gasteiger partial charge in [0.1, 0.15) is 0 Å². The van der Waals surface area contributed by atoms with Crippen molar-refractivity contribution in [3.63, 3.8) is 0 Å². The van der Waals surface area contributed by atoms with Crippen LogP contribution in [0.1, 0.15) is 24.2 Å². The van der Waals surface area contributed by atoms with E-state index in [-0.39, 0.29) is 0 Å². The van der Waals surface area contributed by atoms with E-state index in [4.69, 9.17) is 0 Å². The Kier molecular flexibility index (Phi) is 2.22. The number of hydrogen-bond donors (Lipinski definition) is 1. The summed E-state index contributed by atoms with van der Waals surface area (Å²) >= 11 is 0. The summed E-state index contributed by atoms with van der Waals surface area (Å²) < 4.78 is 0. The van der Waals surface area contributed by atoms with Crippen LogP contribution in [0.15, 0.2) is 30.5 Å². The van der Waals surface area contributed by atoms with Gasteiger partial charge in [-0.1, -0.05) is 6.07 Å². The van der Waals surface area contributed by atoms with E-state index in [1.165, 1.54) is 5.56 Å². The zero-order valence-corrected chi connectivity index (χ0v) is 8.36. The molecule has 1 heterocycles. The molecule has 72 valence electrons. The largest absolute Gasteiger partial charge is 0.389 e. The third kappa shape index (κ3) is 1.49. The molecule has 1 aromatic heterocycles. The molecule has 0 fully saturated rings. The van der Waals surface area contributed by atoms with Crippen LogP contribution in [0.2, 0.25) is 0 Å². The summed E-state index contributed by atoms with van der Waals surface area (Å²) in [5.74, 6) is 0. The fraction of sp³-hybridized carbons (Fsp3) is 0.250. The summed E-state index contributed by atoms with van der Waals surface area (Å²) in [6.45, 7) is 3.82. The normalized spacial score (nSPS) is 13.1. The molecule has 0 radical (unpaired) electrons. The molecule has 0 aliphatic heterocycles. The molecule has 0 bridgehead atoms. The molecule has 0 saturated carbocycles. The maximum atomic E-state index is 9.45. The van der Waals surface area contributed by atoms with Gasteiger partial charge in [-0.2, -0.15) is 0 Å². The molecule has 0 aliphatic carbocycles. The van der Waals surface area contributed by atoms with Crippen LogP contribution in [0.5, 0.6) is 0 Å². The van der Waals surface area contributed by atoms with Crippen molar-refractivity contribution in [2.45, 2.75) is 20.0 Å². The lowest BCUT2D eigenvalue weighted by molar-refractivity contribution is 0.199. The molecule has 0 saturated heterocycles. The van der Waals surface area contributed by atoms with Crippen molar-refractivity contribution >= 4 is 10.9 Å². The van der Waals surface area contributed by atoms with E-state index in [1.807, 2.05) is 24.3 Å². The highest BCUT2D eigenvalue weighted by molar-refractivity contribution is 5.82. The summed E-state index contributed by atoms with van der Waals surface area (Å²) in [6, 6.07) is 7.85. The van der Waals surface area contributed by atoms with Gasteiger partial charge in [0.15, 0.2) is 0 Å². The summed E-state index contributed by atoms with van der Waals surface area (Å²) in [7, 11) is 0. The van der Waals surface area contributed by atoms with Crippen molar-refractivity contribution in [3.05, 3.63) is 41.6 Å². The molecule has 14 heavy (non-hydrogen) atoms. The van der Waals surface area contributed by atoms with E-state index in [9.17, 15) is 5.11 Å². The molecule has 0 aliphatic rings.